The average Bonchev–Trinajstić information content (AvgIpc) is 3.05. The number of esters is 1. The summed E-state index contributed by atoms with van der Waals surface area (Å²) in [4.78, 5) is 26.2. The van der Waals surface area contributed by atoms with Gasteiger partial charge in [-0.1, -0.05) is 86.1 Å². The molecule has 2 heterocycles. The number of aliphatic hydroxyl groups excluding tert-OH is 1. The molecular formula is C36H44N2O6. The smallest absolute Gasteiger partial charge is 0.303 e. The van der Waals surface area contributed by atoms with Crippen LogP contribution >= 0.6 is 0 Å². The molecule has 0 saturated carbocycles. The largest absolute Gasteiger partial charge is 0.453 e. The number of aliphatic hydroxyl groups is 1. The molecule has 8 nitrogen and oxygen atoms in total. The topological polar surface area (TPSA) is 97.3 Å². The first kappa shape index (κ1) is 31.9. The normalized spacial score (nSPS) is 23.1. The van der Waals surface area contributed by atoms with Crippen molar-refractivity contribution in [1.29, 1.82) is 0 Å². The van der Waals surface area contributed by atoms with Crippen LogP contribution in [0, 0.1) is 5.92 Å². The predicted octanol–water partition coefficient (Wildman–Crippen LogP) is 5.69. The van der Waals surface area contributed by atoms with E-state index in [2.05, 4.69) is 53.5 Å². The van der Waals surface area contributed by atoms with Gasteiger partial charge in [0, 0.05) is 31.5 Å². The van der Waals surface area contributed by atoms with Crippen LogP contribution in [0.1, 0.15) is 74.7 Å². The van der Waals surface area contributed by atoms with Crippen molar-refractivity contribution in [3.05, 3.63) is 95.1 Å². The van der Waals surface area contributed by atoms with Crippen LogP contribution in [0.2, 0.25) is 0 Å². The van der Waals surface area contributed by atoms with Crippen molar-refractivity contribution in [2.45, 2.75) is 77.8 Å². The molecule has 2 aliphatic rings. The van der Waals surface area contributed by atoms with Crippen LogP contribution in [-0.4, -0.2) is 53.7 Å². The fourth-order valence-corrected chi connectivity index (χ4v) is 6.13. The molecule has 5 rings (SSSR count). The first-order valence-corrected chi connectivity index (χ1v) is 15.7. The van der Waals surface area contributed by atoms with Crippen molar-refractivity contribution >= 4 is 11.9 Å². The predicted molar refractivity (Wildman–Crippen MR) is 168 cm³/mol. The number of benzene rings is 3. The van der Waals surface area contributed by atoms with E-state index in [1.165, 1.54) is 26.2 Å². The third-order valence-electron chi connectivity index (χ3n) is 8.69. The van der Waals surface area contributed by atoms with Crippen molar-refractivity contribution in [1.82, 2.24) is 10.2 Å². The molecule has 0 aromatic heterocycles. The molecule has 3 aromatic rings. The van der Waals surface area contributed by atoms with Crippen molar-refractivity contribution in [3.8, 4) is 11.1 Å². The molecule has 44 heavy (non-hydrogen) atoms. The number of carbonyl (C=O) groups is 2. The lowest BCUT2D eigenvalue weighted by Crippen LogP contribution is -2.45. The highest BCUT2D eigenvalue weighted by Gasteiger charge is 2.39. The summed E-state index contributed by atoms with van der Waals surface area (Å²) in [5, 5.41) is 12.4. The number of rotatable bonds is 10. The van der Waals surface area contributed by atoms with Gasteiger partial charge < -0.3 is 29.5 Å². The van der Waals surface area contributed by atoms with Gasteiger partial charge in [-0.15, -0.1) is 0 Å². The number of nitrogens with zero attached hydrogens (tertiary/aromatic N) is 1. The summed E-state index contributed by atoms with van der Waals surface area (Å²) in [6.07, 6.45) is 2.23. The molecular weight excluding hydrogens is 556 g/mol. The average molecular weight is 601 g/mol. The summed E-state index contributed by atoms with van der Waals surface area (Å²) < 4.78 is 18.3. The number of piperidine rings is 1. The number of carbonyl (C=O) groups excluding carboxylic acids is 2. The van der Waals surface area contributed by atoms with E-state index in [-0.39, 0.29) is 30.6 Å². The molecule has 2 aliphatic heterocycles. The van der Waals surface area contributed by atoms with Gasteiger partial charge >= 0.3 is 5.97 Å². The Bertz CT molecular complexity index is 1390. The van der Waals surface area contributed by atoms with Gasteiger partial charge in [0.1, 0.15) is 0 Å². The maximum Gasteiger partial charge on any atom is 0.303 e. The van der Waals surface area contributed by atoms with Gasteiger partial charge in [0.15, 0.2) is 12.4 Å². The molecule has 0 radical (unpaired) electrons. The minimum Gasteiger partial charge on any atom is -0.453 e. The standard InChI is InChI=1S/C36H44N2O6/c1-24-33(22-38-19-7-4-8-20-38)43-36(44-34(24)29-13-11-27(23-39)12-14-29)30-17-15-28(16-18-30)32-10-6-5-9-31(32)21-37-35(41)25(2)42-26(3)40/h5-6,9-18,24-25,33-34,36,39H,4,7-8,19-23H2,1-3H3,(H,37,41). The molecule has 0 spiro atoms. The van der Waals surface area contributed by atoms with Crippen LogP contribution in [0.25, 0.3) is 11.1 Å². The van der Waals surface area contributed by atoms with Crippen LogP contribution in [0.3, 0.4) is 0 Å². The molecule has 0 bridgehead atoms. The highest BCUT2D eigenvalue weighted by atomic mass is 16.7. The second-order valence-electron chi connectivity index (χ2n) is 11.9. The molecule has 5 atom stereocenters. The van der Waals surface area contributed by atoms with E-state index in [1.807, 2.05) is 36.4 Å². The number of nitrogens with one attached hydrogen (secondary N) is 1. The summed E-state index contributed by atoms with van der Waals surface area (Å²) >= 11 is 0. The molecule has 1 amide bonds. The van der Waals surface area contributed by atoms with Crippen LogP contribution in [0.15, 0.2) is 72.8 Å². The van der Waals surface area contributed by atoms with E-state index in [1.54, 1.807) is 6.92 Å². The van der Waals surface area contributed by atoms with Crippen molar-refractivity contribution in [2.24, 2.45) is 5.92 Å². The van der Waals surface area contributed by atoms with E-state index >= 15 is 0 Å². The number of likely N-dealkylation sites (tertiary alicyclic amines) is 1. The number of ether oxygens (including phenoxy) is 3. The van der Waals surface area contributed by atoms with Crippen LogP contribution < -0.4 is 5.32 Å². The van der Waals surface area contributed by atoms with Crippen molar-refractivity contribution in [3.63, 3.8) is 0 Å². The maximum absolute atomic E-state index is 12.4. The van der Waals surface area contributed by atoms with Crippen molar-refractivity contribution < 1.29 is 28.9 Å². The summed E-state index contributed by atoms with van der Waals surface area (Å²) in [5.41, 5.74) is 5.88. The van der Waals surface area contributed by atoms with Gasteiger partial charge in [-0.25, -0.2) is 0 Å². The molecule has 2 fully saturated rings. The van der Waals surface area contributed by atoms with Crippen LogP contribution in [-0.2, 0) is 37.0 Å². The summed E-state index contributed by atoms with van der Waals surface area (Å²) in [7, 11) is 0. The van der Waals surface area contributed by atoms with Gasteiger partial charge in [-0.3, -0.25) is 9.59 Å². The molecule has 0 aliphatic carbocycles. The highest BCUT2D eigenvalue weighted by molar-refractivity contribution is 5.83. The monoisotopic (exact) mass is 600 g/mol. The zero-order chi connectivity index (χ0) is 31.1. The molecule has 5 unspecified atom stereocenters. The third kappa shape index (κ3) is 7.93. The Morgan fingerprint density at radius 2 is 1.64 bits per heavy atom. The van der Waals surface area contributed by atoms with E-state index < -0.39 is 18.4 Å². The Kier molecular flexibility index (Phi) is 10.8. The van der Waals surface area contributed by atoms with Gasteiger partial charge in [0.2, 0.25) is 0 Å². The quantitative estimate of drug-likeness (QED) is 0.289. The lowest BCUT2D eigenvalue weighted by atomic mass is 9.89. The van der Waals surface area contributed by atoms with Gasteiger partial charge in [0.05, 0.1) is 18.8 Å². The first-order valence-electron chi connectivity index (χ1n) is 15.7. The van der Waals surface area contributed by atoms with Crippen molar-refractivity contribution in [2.75, 3.05) is 19.6 Å². The van der Waals surface area contributed by atoms with E-state index in [0.29, 0.717) is 6.54 Å². The van der Waals surface area contributed by atoms with E-state index in [9.17, 15) is 14.7 Å². The number of hydrogen-bond acceptors (Lipinski definition) is 7. The van der Waals surface area contributed by atoms with Gasteiger partial charge in [0.25, 0.3) is 5.91 Å². The SMILES string of the molecule is CC(=O)OC(C)C(=O)NCc1ccccc1-c1ccc(C2OC(CN3CCCCC3)C(C)C(c3ccc(CO)cc3)O2)cc1. The van der Waals surface area contributed by atoms with E-state index in [0.717, 1.165) is 53.0 Å². The minimum atomic E-state index is -0.854. The Morgan fingerprint density at radius 3 is 2.32 bits per heavy atom. The fraction of sp³-hybridized carbons (Fsp3) is 0.444. The number of hydrogen-bond donors (Lipinski definition) is 2. The molecule has 2 saturated heterocycles. The Labute approximate surface area is 260 Å². The zero-order valence-electron chi connectivity index (χ0n) is 25.9. The molecule has 2 N–H and O–H groups in total. The maximum atomic E-state index is 12.4. The van der Waals surface area contributed by atoms with Crippen LogP contribution in [0.5, 0.6) is 0 Å². The molecule has 8 heteroatoms. The van der Waals surface area contributed by atoms with E-state index in [4.69, 9.17) is 14.2 Å². The fourth-order valence-electron chi connectivity index (χ4n) is 6.13. The summed E-state index contributed by atoms with van der Waals surface area (Å²) in [5.74, 6) is -0.679. The summed E-state index contributed by atoms with van der Waals surface area (Å²) in [6, 6.07) is 24.2. The summed E-state index contributed by atoms with van der Waals surface area (Å²) in [6.45, 7) is 8.46. The first-order chi connectivity index (χ1) is 21.3. The van der Waals surface area contributed by atoms with Gasteiger partial charge in [-0.2, -0.15) is 0 Å². The third-order valence-corrected chi connectivity index (χ3v) is 8.69. The van der Waals surface area contributed by atoms with Gasteiger partial charge in [-0.05, 0) is 60.7 Å². The second kappa shape index (κ2) is 14.9. The molecule has 3 aromatic carbocycles. The zero-order valence-corrected chi connectivity index (χ0v) is 25.9. The second-order valence-corrected chi connectivity index (χ2v) is 11.9. The van der Waals surface area contributed by atoms with Crippen LogP contribution in [0.4, 0.5) is 0 Å². The highest BCUT2D eigenvalue weighted by Crippen LogP contribution is 2.42. The lowest BCUT2D eigenvalue weighted by molar-refractivity contribution is -0.276. The molecule has 234 valence electrons. The lowest BCUT2D eigenvalue weighted by Gasteiger charge is -2.43. The number of amides is 1. The minimum absolute atomic E-state index is 0.00718. The Morgan fingerprint density at radius 1 is 0.955 bits per heavy atom. The Balaban J connectivity index is 1.34. The Hall–Kier alpha value is -3.56.